The molecule has 5 unspecified atom stereocenters. The van der Waals surface area contributed by atoms with Crippen molar-refractivity contribution >= 4 is 29.0 Å². The monoisotopic (exact) mass is 371 g/mol. The number of fused-ring (bicyclic) bond motifs is 3. The highest BCUT2D eigenvalue weighted by molar-refractivity contribution is 6.31. The number of hydrogen-bond donors (Lipinski definition) is 3. The Morgan fingerprint density at radius 2 is 1.81 bits per heavy atom. The van der Waals surface area contributed by atoms with Crippen molar-refractivity contribution in [2.45, 2.75) is 24.9 Å². The predicted molar refractivity (Wildman–Crippen MR) is 88.5 cm³/mol. The van der Waals surface area contributed by atoms with Gasteiger partial charge in [0.05, 0.1) is 11.5 Å². The van der Waals surface area contributed by atoms with Gasteiger partial charge in [0, 0.05) is 12.3 Å². The molecule has 1 amide bonds. The summed E-state index contributed by atoms with van der Waals surface area (Å²) in [5, 5.41) is 21.0. The standard InChI is InChI=1S/C19H17NO7/c20-18(26)14-11(22)6-9-5-8-4-7-2-1-3-10(21)12(7)15(23)13(8)16(24)19(9,27)17(14)25/h1-3,8-9,13-14,21,27H,4-6H2,(H2,20,26). The van der Waals surface area contributed by atoms with E-state index in [-0.39, 0.29) is 24.2 Å². The second-order valence-corrected chi connectivity index (χ2v) is 7.55. The fraction of sp³-hybridized carbons (Fsp3) is 0.421. The summed E-state index contributed by atoms with van der Waals surface area (Å²) in [6, 6.07) is 4.60. The minimum absolute atomic E-state index is 0.0138. The maximum absolute atomic E-state index is 13.1. The first-order valence-corrected chi connectivity index (χ1v) is 8.66. The molecule has 8 nitrogen and oxygen atoms in total. The summed E-state index contributed by atoms with van der Waals surface area (Å²) in [6.45, 7) is 0. The van der Waals surface area contributed by atoms with Gasteiger partial charge < -0.3 is 15.9 Å². The topological polar surface area (TPSA) is 152 Å². The molecule has 0 aromatic heterocycles. The molecule has 0 saturated heterocycles. The maximum atomic E-state index is 13.1. The predicted octanol–water partition coefficient (Wildman–Crippen LogP) is -0.673. The molecular weight excluding hydrogens is 354 g/mol. The van der Waals surface area contributed by atoms with E-state index in [2.05, 4.69) is 0 Å². The molecule has 1 aromatic carbocycles. The van der Waals surface area contributed by atoms with E-state index >= 15 is 0 Å². The number of primary amides is 1. The van der Waals surface area contributed by atoms with E-state index in [0.29, 0.717) is 12.0 Å². The summed E-state index contributed by atoms with van der Waals surface area (Å²) in [4.78, 5) is 62.4. The van der Waals surface area contributed by atoms with Crippen LogP contribution in [0.1, 0.15) is 28.8 Å². The Balaban J connectivity index is 1.81. The average Bonchev–Trinajstić information content (AvgIpc) is 2.57. The molecule has 0 radical (unpaired) electrons. The van der Waals surface area contributed by atoms with Crippen LogP contribution in [0.15, 0.2) is 18.2 Å². The van der Waals surface area contributed by atoms with Crippen molar-refractivity contribution in [1.82, 2.24) is 0 Å². The molecule has 4 N–H and O–H groups in total. The average molecular weight is 371 g/mol. The van der Waals surface area contributed by atoms with Crippen LogP contribution in [0.2, 0.25) is 0 Å². The first-order chi connectivity index (χ1) is 12.7. The number of phenolic OH excluding ortho intramolecular Hbond substituents is 1. The summed E-state index contributed by atoms with van der Waals surface area (Å²) in [5.41, 5.74) is 3.12. The third-order valence-corrected chi connectivity index (χ3v) is 6.14. The van der Waals surface area contributed by atoms with Crippen molar-refractivity contribution in [3.05, 3.63) is 29.3 Å². The summed E-state index contributed by atoms with van der Waals surface area (Å²) in [6.07, 6.45) is 0.0860. The van der Waals surface area contributed by atoms with Gasteiger partial charge in [0.1, 0.15) is 5.75 Å². The highest BCUT2D eigenvalue weighted by Crippen LogP contribution is 2.49. The molecular formula is C19H17NO7. The molecule has 5 atom stereocenters. The Hall–Kier alpha value is -2.87. The minimum Gasteiger partial charge on any atom is -0.507 e. The fourth-order valence-electron chi connectivity index (χ4n) is 4.91. The normalized spacial score (nSPS) is 35.3. The number of aliphatic hydroxyl groups is 1. The van der Waals surface area contributed by atoms with Crippen molar-refractivity contribution in [3.63, 3.8) is 0 Å². The van der Waals surface area contributed by atoms with Gasteiger partial charge in [-0.2, -0.15) is 0 Å². The SMILES string of the molecule is NC(=O)C1C(=O)CC2CC3Cc4cccc(O)c4C(=O)C3C(=O)C2(O)C1=O. The summed E-state index contributed by atoms with van der Waals surface area (Å²) < 4.78 is 0. The molecule has 3 aliphatic carbocycles. The Morgan fingerprint density at radius 1 is 1.11 bits per heavy atom. The van der Waals surface area contributed by atoms with Crippen molar-refractivity contribution < 1.29 is 34.2 Å². The van der Waals surface area contributed by atoms with Gasteiger partial charge in [-0.3, -0.25) is 24.0 Å². The van der Waals surface area contributed by atoms with Crippen LogP contribution in [0, 0.1) is 23.7 Å². The number of hydrogen-bond acceptors (Lipinski definition) is 7. The molecule has 140 valence electrons. The first-order valence-electron chi connectivity index (χ1n) is 8.66. The van der Waals surface area contributed by atoms with Crippen molar-refractivity contribution in [2.75, 3.05) is 0 Å². The van der Waals surface area contributed by atoms with Crippen LogP contribution in [0.5, 0.6) is 5.75 Å². The lowest BCUT2D eigenvalue weighted by atomic mass is 9.54. The lowest BCUT2D eigenvalue weighted by Crippen LogP contribution is -2.68. The number of amides is 1. The van der Waals surface area contributed by atoms with Gasteiger partial charge in [0.15, 0.2) is 34.7 Å². The van der Waals surface area contributed by atoms with Gasteiger partial charge in [-0.1, -0.05) is 12.1 Å². The molecule has 0 heterocycles. The fourth-order valence-corrected chi connectivity index (χ4v) is 4.91. The van der Waals surface area contributed by atoms with Crippen molar-refractivity contribution in [1.29, 1.82) is 0 Å². The molecule has 0 spiro atoms. The third-order valence-electron chi connectivity index (χ3n) is 6.14. The Kier molecular flexibility index (Phi) is 3.61. The van der Waals surface area contributed by atoms with Gasteiger partial charge in [0.25, 0.3) is 0 Å². The zero-order valence-electron chi connectivity index (χ0n) is 14.2. The van der Waals surface area contributed by atoms with Gasteiger partial charge in [0.2, 0.25) is 5.91 Å². The minimum atomic E-state index is -2.59. The molecule has 27 heavy (non-hydrogen) atoms. The van der Waals surface area contributed by atoms with Crippen LogP contribution >= 0.6 is 0 Å². The molecule has 8 heteroatoms. The third kappa shape index (κ3) is 2.16. The summed E-state index contributed by atoms with van der Waals surface area (Å²) in [5.74, 6) is -9.78. The van der Waals surface area contributed by atoms with E-state index in [1.807, 2.05) is 0 Å². The number of Topliss-reactive ketones (excluding diaryl/α,β-unsaturated/α-hetero) is 4. The van der Waals surface area contributed by atoms with Gasteiger partial charge in [-0.05, 0) is 30.4 Å². The van der Waals surface area contributed by atoms with Gasteiger partial charge >= 0.3 is 0 Å². The van der Waals surface area contributed by atoms with E-state index < -0.39 is 58.3 Å². The van der Waals surface area contributed by atoms with E-state index in [4.69, 9.17) is 5.73 Å². The number of benzene rings is 1. The number of rotatable bonds is 1. The molecule has 4 rings (SSSR count). The van der Waals surface area contributed by atoms with E-state index in [0.717, 1.165) is 0 Å². The zero-order valence-corrected chi connectivity index (χ0v) is 14.2. The zero-order chi connectivity index (χ0) is 19.7. The summed E-state index contributed by atoms with van der Waals surface area (Å²) >= 11 is 0. The highest BCUT2D eigenvalue weighted by atomic mass is 16.3. The highest BCUT2D eigenvalue weighted by Gasteiger charge is 2.65. The number of phenols is 1. The van der Waals surface area contributed by atoms with Crippen LogP contribution in [0.25, 0.3) is 0 Å². The lowest BCUT2D eigenvalue weighted by Gasteiger charge is -2.48. The maximum Gasteiger partial charge on any atom is 0.235 e. The molecule has 3 aliphatic rings. The van der Waals surface area contributed by atoms with E-state index in [1.54, 1.807) is 12.1 Å². The Bertz CT molecular complexity index is 936. The Morgan fingerprint density at radius 3 is 2.48 bits per heavy atom. The molecule has 0 bridgehead atoms. The molecule has 2 fully saturated rings. The molecule has 2 saturated carbocycles. The van der Waals surface area contributed by atoms with Crippen LogP contribution < -0.4 is 5.73 Å². The lowest BCUT2D eigenvalue weighted by molar-refractivity contribution is -0.175. The number of aromatic hydroxyl groups is 1. The van der Waals surface area contributed by atoms with Gasteiger partial charge in [-0.15, -0.1) is 0 Å². The number of nitrogens with two attached hydrogens (primary N) is 1. The first kappa shape index (κ1) is 17.5. The quantitative estimate of drug-likeness (QED) is 0.553. The molecule has 0 aliphatic heterocycles. The van der Waals surface area contributed by atoms with Gasteiger partial charge in [-0.25, -0.2) is 0 Å². The van der Waals surface area contributed by atoms with E-state index in [1.165, 1.54) is 6.07 Å². The van der Waals surface area contributed by atoms with Crippen LogP contribution in [-0.4, -0.2) is 44.9 Å². The number of carbonyl (C=O) groups excluding carboxylic acids is 5. The summed E-state index contributed by atoms with van der Waals surface area (Å²) in [7, 11) is 0. The number of ketones is 4. The second-order valence-electron chi connectivity index (χ2n) is 7.55. The van der Waals surface area contributed by atoms with Crippen LogP contribution in [-0.2, 0) is 25.6 Å². The largest absolute Gasteiger partial charge is 0.507 e. The smallest absolute Gasteiger partial charge is 0.235 e. The number of carbonyl (C=O) groups is 5. The van der Waals surface area contributed by atoms with E-state index in [9.17, 15) is 34.2 Å². The van der Waals surface area contributed by atoms with Crippen LogP contribution in [0.4, 0.5) is 0 Å². The van der Waals surface area contributed by atoms with Crippen molar-refractivity contribution in [3.8, 4) is 5.75 Å². The Labute approximate surface area is 153 Å². The van der Waals surface area contributed by atoms with Crippen LogP contribution in [0.3, 0.4) is 0 Å². The van der Waals surface area contributed by atoms with Crippen molar-refractivity contribution in [2.24, 2.45) is 29.4 Å². The molecule has 1 aromatic rings. The second kappa shape index (κ2) is 5.56.